The van der Waals surface area contributed by atoms with Crippen molar-refractivity contribution in [2.75, 3.05) is 5.32 Å². The Labute approximate surface area is 228 Å². The summed E-state index contributed by atoms with van der Waals surface area (Å²) in [5.41, 5.74) is 9.95. The maximum absolute atomic E-state index is 3.75. The molecular weight excluding hydrogens is 478 g/mol. The van der Waals surface area contributed by atoms with Crippen LogP contribution in [0.3, 0.4) is 0 Å². The Hall–Kier alpha value is -3.75. The van der Waals surface area contributed by atoms with Gasteiger partial charge in [-0.05, 0) is 81.0 Å². The number of fused-ring (bicyclic) bond motifs is 7. The lowest BCUT2D eigenvalue weighted by atomic mass is 9.66. The third-order valence-corrected chi connectivity index (χ3v) is 10.1. The van der Waals surface area contributed by atoms with Crippen LogP contribution in [0.1, 0.15) is 30.7 Å². The van der Waals surface area contributed by atoms with Crippen LogP contribution in [-0.2, 0) is 0 Å². The van der Waals surface area contributed by atoms with E-state index in [1.807, 2.05) is 11.8 Å². The van der Waals surface area contributed by atoms with Crippen molar-refractivity contribution >= 4 is 28.2 Å². The van der Waals surface area contributed by atoms with Gasteiger partial charge in [0.15, 0.2) is 0 Å². The average molecular weight is 508 g/mol. The van der Waals surface area contributed by atoms with Gasteiger partial charge in [-0.15, -0.1) is 0 Å². The minimum atomic E-state index is 0.317. The van der Waals surface area contributed by atoms with Crippen LogP contribution in [0.15, 0.2) is 153 Å². The number of hydrogen-bond acceptors (Lipinski definition) is 2. The molecule has 1 heterocycles. The molecule has 1 N–H and O–H groups in total. The van der Waals surface area contributed by atoms with Gasteiger partial charge in [-0.1, -0.05) is 109 Å². The van der Waals surface area contributed by atoms with Gasteiger partial charge in [0, 0.05) is 34.0 Å². The third-order valence-electron chi connectivity index (χ3n) is 8.74. The number of para-hydroxylation sites is 1. The van der Waals surface area contributed by atoms with E-state index < -0.39 is 0 Å². The highest BCUT2D eigenvalue weighted by molar-refractivity contribution is 8.03. The smallest absolute Gasteiger partial charge is 0.0381 e. The SMILES string of the molecule is C1=CC2=C(C=CC3C(Nc4ccccc4)=CC=C(C4=CC=C5Sc6c(ccc7ccccc67)C5C4)C23)CC1. The monoisotopic (exact) mass is 507 g/mol. The van der Waals surface area contributed by atoms with E-state index in [0.717, 1.165) is 24.9 Å². The molecule has 0 fully saturated rings. The van der Waals surface area contributed by atoms with Gasteiger partial charge in [-0.3, -0.25) is 0 Å². The molecule has 0 saturated carbocycles. The number of thioether (sulfide) groups is 1. The van der Waals surface area contributed by atoms with Crippen LogP contribution < -0.4 is 5.32 Å². The standard InChI is InChI=1S/C36H29NS/c1-2-10-26(11-3-1)37-33-20-19-28(35-27-12-6-4-8-23(27)15-18-31(33)35)25-16-21-34-32(22-25)30-17-14-24-9-5-7-13-29(24)36(30)38-34/h1-3,5-7,9-21,31-32,35,37H,4,8,22H2. The van der Waals surface area contributed by atoms with Gasteiger partial charge in [0.2, 0.25) is 0 Å². The molecule has 0 spiro atoms. The van der Waals surface area contributed by atoms with Gasteiger partial charge in [0.05, 0.1) is 0 Å². The molecule has 0 amide bonds. The second-order valence-corrected chi connectivity index (χ2v) is 11.9. The highest BCUT2D eigenvalue weighted by Crippen LogP contribution is 2.57. The Morgan fingerprint density at radius 2 is 1.71 bits per heavy atom. The van der Waals surface area contributed by atoms with Crippen LogP contribution in [0.25, 0.3) is 10.8 Å². The first-order valence-electron chi connectivity index (χ1n) is 13.8. The van der Waals surface area contributed by atoms with Crippen molar-refractivity contribution in [1.82, 2.24) is 0 Å². The van der Waals surface area contributed by atoms with E-state index in [2.05, 4.69) is 121 Å². The Balaban J connectivity index is 1.19. The predicted molar refractivity (Wildman–Crippen MR) is 161 cm³/mol. The zero-order chi connectivity index (χ0) is 25.1. The first kappa shape index (κ1) is 22.3. The number of anilines is 1. The molecule has 3 aromatic carbocycles. The van der Waals surface area contributed by atoms with Crippen molar-refractivity contribution in [3.8, 4) is 0 Å². The summed E-state index contributed by atoms with van der Waals surface area (Å²) in [5.74, 6) is 1.13. The summed E-state index contributed by atoms with van der Waals surface area (Å²) >= 11 is 1.98. The molecule has 2 heteroatoms. The van der Waals surface area contributed by atoms with Crippen molar-refractivity contribution < 1.29 is 0 Å². The fourth-order valence-electron chi connectivity index (χ4n) is 6.90. The van der Waals surface area contributed by atoms with Crippen molar-refractivity contribution in [2.24, 2.45) is 11.8 Å². The Bertz CT molecular complexity index is 1690. The third kappa shape index (κ3) is 3.55. The molecule has 0 aromatic heterocycles. The van der Waals surface area contributed by atoms with E-state index in [-0.39, 0.29) is 0 Å². The lowest BCUT2D eigenvalue weighted by Gasteiger charge is -2.39. The topological polar surface area (TPSA) is 12.0 Å². The Morgan fingerprint density at radius 3 is 2.66 bits per heavy atom. The van der Waals surface area contributed by atoms with Gasteiger partial charge < -0.3 is 5.32 Å². The fraction of sp³-hybridized carbons (Fsp3) is 0.167. The van der Waals surface area contributed by atoms with Crippen molar-refractivity contribution in [3.63, 3.8) is 0 Å². The van der Waals surface area contributed by atoms with Crippen LogP contribution in [0.5, 0.6) is 0 Å². The maximum Gasteiger partial charge on any atom is 0.0381 e. The van der Waals surface area contributed by atoms with E-state index in [1.54, 1.807) is 0 Å². The second-order valence-electron chi connectivity index (χ2n) is 10.8. The molecule has 4 aliphatic carbocycles. The average Bonchev–Trinajstić information content (AvgIpc) is 3.36. The molecule has 3 aromatic rings. The van der Waals surface area contributed by atoms with E-state index in [0.29, 0.717) is 17.8 Å². The molecule has 3 atom stereocenters. The van der Waals surface area contributed by atoms with Gasteiger partial charge in [0.1, 0.15) is 0 Å². The normalized spacial score (nSPS) is 25.0. The second kappa shape index (κ2) is 8.92. The largest absolute Gasteiger partial charge is 0.358 e. The van der Waals surface area contributed by atoms with Gasteiger partial charge in [-0.2, -0.15) is 0 Å². The number of hydrogen-bond donors (Lipinski definition) is 1. The molecule has 3 unspecified atom stereocenters. The minimum Gasteiger partial charge on any atom is -0.358 e. The van der Waals surface area contributed by atoms with Crippen LogP contribution in [0, 0.1) is 11.8 Å². The Kier molecular flexibility index (Phi) is 5.23. The van der Waals surface area contributed by atoms with Gasteiger partial charge in [-0.25, -0.2) is 0 Å². The van der Waals surface area contributed by atoms with Crippen molar-refractivity contribution in [1.29, 1.82) is 0 Å². The maximum atomic E-state index is 3.75. The number of benzene rings is 3. The van der Waals surface area contributed by atoms with Crippen LogP contribution in [0.4, 0.5) is 5.69 Å². The minimum absolute atomic E-state index is 0.317. The summed E-state index contributed by atoms with van der Waals surface area (Å²) in [4.78, 5) is 2.95. The Morgan fingerprint density at radius 1 is 0.816 bits per heavy atom. The van der Waals surface area contributed by atoms with Crippen LogP contribution in [0.2, 0.25) is 0 Å². The lowest BCUT2D eigenvalue weighted by molar-refractivity contribution is 0.560. The van der Waals surface area contributed by atoms with Gasteiger partial charge >= 0.3 is 0 Å². The summed E-state index contributed by atoms with van der Waals surface area (Å²) in [7, 11) is 0. The molecule has 0 saturated heterocycles. The molecule has 0 radical (unpaired) electrons. The molecule has 184 valence electrons. The van der Waals surface area contributed by atoms with E-state index in [1.165, 1.54) is 54.1 Å². The molecule has 1 aliphatic heterocycles. The van der Waals surface area contributed by atoms with Crippen LogP contribution in [-0.4, -0.2) is 0 Å². The highest BCUT2D eigenvalue weighted by Gasteiger charge is 2.39. The first-order chi connectivity index (χ1) is 18.8. The molecule has 1 nitrogen and oxygen atoms in total. The summed E-state index contributed by atoms with van der Waals surface area (Å²) in [5, 5.41) is 6.48. The first-order valence-corrected chi connectivity index (χ1v) is 14.6. The quantitative estimate of drug-likeness (QED) is 0.379. The zero-order valence-corrected chi connectivity index (χ0v) is 22.0. The summed E-state index contributed by atoms with van der Waals surface area (Å²) in [6.45, 7) is 0. The summed E-state index contributed by atoms with van der Waals surface area (Å²) in [6, 6.07) is 24.1. The zero-order valence-electron chi connectivity index (χ0n) is 21.2. The van der Waals surface area contributed by atoms with Crippen molar-refractivity contribution in [3.05, 3.63) is 154 Å². The summed E-state index contributed by atoms with van der Waals surface area (Å²) in [6.07, 6.45) is 22.6. The van der Waals surface area contributed by atoms with E-state index in [4.69, 9.17) is 0 Å². The van der Waals surface area contributed by atoms with Crippen molar-refractivity contribution in [2.45, 2.75) is 30.1 Å². The molecule has 8 rings (SSSR count). The van der Waals surface area contributed by atoms with Gasteiger partial charge in [0.25, 0.3) is 0 Å². The van der Waals surface area contributed by atoms with E-state index >= 15 is 0 Å². The highest BCUT2D eigenvalue weighted by atomic mass is 32.2. The molecule has 38 heavy (non-hydrogen) atoms. The number of nitrogens with one attached hydrogen (secondary N) is 1. The number of rotatable bonds is 3. The molecule has 5 aliphatic rings. The predicted octanol–water partition coefficient (Wildman–Crippen LogP) is 9.63. The lowest BCUT2D eigenvalue weighted by Crippen LogP contribution is -2.29. The fourth-order valence-corrected chi connectivity index (χ4v) is 8.25. The van der Waals surface area contributed by atoms with Crippen LogP contribution >= 0.6 is 11.8 Å². The molecule has 0 bridgehead atoms. The molecular formula is C36H29NS. The summed E-state index contributed by atoms with van der Waals surface area (Å²) < 4.78 is 0. The number of allylic oxidation sites excluding steroid dienone is 13. The van der Waals surface area contributed by atoms with E-state index in [9.17, 15) is 0 Å².